The molecule has 0 aliphatic heterocycles. The predicted molar refractivity (Wildman–Crippen MR) is 85.8 cm³/mol. The molecule has 0 aliphatic carbocycles. The third-order valence-electron chi connectivity index (χ3n) is 2.60. The van der Waals surface area contributed by atoms with Crippen molar-refractivity contribution in [2.24, 2.45) is 0 Å². The molecule has 0 radical (unpaired) electrons. The topological polar surface area (TPSA) is 51.2 Å². The average Bonchev–Trinajstić information content (AvgIpc) is 2.54. The van der Waals surface area contributed by atoms with Crippen molar-refractivity contribution in [1.29, 1.82) is 0 Å². The van der Waals surface area contributed by atoms with E-state index in [0.29, 0.717) is 10.6 Å². The summed E-state index contributed by atoms with van der Waals surface area (Å²) in [6.07, 6.45) is 0.983. The van der Waals surface area contributed by atoms with Crippen LogP contribution in [0.5, 0.6) is 0 Å². The fraction of sp³-hybridized carbons (Fsp3) is 0.125. The van der Waals surface area contributed by atoms with Crippen LogP contribution in [0.15, 0.2) is 42.6 Å². The second-order valence-electron chi connectivity index (χ2n) is 4.18. The van der Waals surface area contributed by atoms with Crippen LogP contribution in [0.3, 0.4) is 0 Å². The van der Waals surface area contributed by atoms with Gasteiger partial charge in [0.1, 0.15) is 11.8 Å². The van der Waals surface area contributed by atoms with E-state index in [2.05, 4.69) is 22.1 Å². The smallest absolute Gasteiger partial charge is 0.408 e. The number of ether oxygens (including phenoxy) is 1. The molecule has 0 aliphatic rings. The number of halogens is 2. The molecule has 0 atom stereocenters. The maximum Gasteiger partial charge on any atom is 0.408 e. The van der Waals surface area contributed by atoms with Gasteiger partial charge >= 0.3 is 6.09 Å². The van der Waals surface area contributed by atoms with Gasteiger partial charge in [-0.1, -0.05) is 65.4 Å². The molecule has 22 heavy (non-hydrogen) atoms. The van der Waals surface area contributed by atoms with Gasteiger partial charge in [0, 0.05) is 11.8 Å². The fourth-order valence-electron chi connectivity index (χ4n) is 1.54. The summed E-state index contributed by atoms with van der Waals surface area (Å²) >= 11 is 11.7. The Bertz CT molecular complexity index is 709. The Kier molecular flexibility index (Phi) is 6.08. The zero-order valence-electron chi connectivity index (χ0n) is 11.5. The van der Waals surface area contributed by atoms with Gasteiger partial charge in [-0.2, -0.15) is 0 Å². The SMILES string of the molecule is O=C(NCC#Cc1ccnc(Cl)c1Cl)OCc1ccccc1. The standard InChI is InChI=1S/C16H12Cl2N2O2/c17-14-13(8-10-19-15(14)18)7-4-9-20-16(21)22-11-12-5-2-1-3-6-12/h1-3,5-6,8,10H,9,11H2,(H,20,21). The number of hydrogen-bond donors (Lipinski definition) is 1. The number of carbonyl (C=O) groups is 1. The van der Waals surface area contributed by atoms with Crippen molar-refractivity contribution >= 4 is 29.3 Å². The maximum atomic E-state index is 11.5. The van der Waals surface area contributed by atoms with Gasteiger partial charge in [0.05, 0.1) is 11.6 Å². The van der Waals surface area contributed by atoms with E-state index < -0.39 is 6.09 Å². The summed E-state index contributed by atoms with van der Waals surface area (Å²) in [5, 5.41) is 3.02. The van der Waals surface area contributed by atoms with Crippen molar-refractivity contribution in [2.45, 2.75) is 6.61 Å². The zero-order valence-corrected chi connectivity index (χ0v) is 13.0. The predicted octanol–water partition coefficient (Wildman–Crippen LogP) is 3.67. The second kappa shape index (κ2) is 8.28. The number of nitrogens with zero attached hydrogens (tertiary/aromatic N) is 1. The Balaban J connectivity index is 1.78. The molecule has 1 aromatic heterocycles. The van der Waals surface area contributed by atoms with E-state index in [1.54, 1.807) is 6.07 Å². The normalized spacial score (nSPS) is 9.55. The van der Waals surface area contributed by atoms with E-state index in [-0.39, 0.29) is 18.3 Å². The van der Waals surface area contributed by atoms with Gasteiger partial charge in [-0.3, -0.25) is 0 Å². The van der Waals surface area contributed by atoms with Gasteiger partial charge in [-0.05, 0) is 11.6 Å². The number of pyridine rings is 1. The van der Waals surface area contributed by atoms with Crippen LogP contribution in [0.2, 0.25) is 10.2 Å². The fourth-order valence-corrected chi connectivity index (χ4v) is 1.86. The molecule has 1 heterocycles. The minimum absolute atomic E-state index is 0.143. The minimum atomic E-state index is -0.531. The van der Waals surface area contributed by atoms with Crippen LogP contribution in [0.4, 0.5) is 4.79 Å². The molecular formula is C16H12Cl2N2O2. The van der Waals surface area contributed by atoms with Crippen molar-refractivity contribution in [2.75, 3.05) is 6.54 Å². The molecule has 2 rings (SSSR count). The van der Waals surface area contributed by atoms with Crippen molar-refractivity contribution in [3.63, 3.8) is 0 Å². The molecular weight excluding hydrogens is 323 g/mol. The molecule has 0 saturated heterocycles. The molecule has 2 aromatic rings. The summed E-state index contributed by atoms with van der Waals surface area (Å²) in [6.45, 7) is 0.357. The van der Waals surface area contributed by atoms with E-state index >= 15 is 0 Å². The van der Waals surface area contributed by atoms with E-state index in [9.17, 15) is 4.79 Å². The zero-order chi connectivity index (χ0) is 15.8. The quantitative estimate of drug-likeness (QED) is 0.688. The van der Waals surface area contributed by atoms with Crippen LogP contribution in [-0.2, 0) is 11.3 Å². The van der Waals surface area contributed by atoms with Crippen molar-refractivity contribution in [1.82, 2.24) is 10.3 Å². The number of nitrogens with one attached hydrogen (secondary N) is 1. The van der Waals surface area contributed by atoms with E-state index in [1.807, 2.05) is 30.3 Å². The van der Waals surface area contributed by atoms with Crippen LogP contribution in [0.25, 0.3) is 0 Å². The van der Waals surface area contributed by atoms with E-state index in [1.165, 1.54) is 6.20 Å². The summed E-state index contributed by atoms with van der Waals surface area (Å²) in [5.74, 6) is 5.57. The lowest BCUT2D eigenvalue weighted by Crippen LogP contribution is -2.24. The van der Waals surface area contributed by atoms with Crippen molar-refractivity contribution in [3.05, 3.63) is 63.9 Å². The van der Waals surface area contributed by atoms with Crippen LogP contribution >= 0.6 is 23.2 Å². The summed E-state index contributed by atoms with van der Waals surface area (Å²) in [4.78, 5) is 15.3. The van der Waals surface area contributed by atoms with Crippen molar-refractivity contribution in [3.8, 4) is 11.8 Å². The maximum absolute atomic E-state index is 11.5. The molecule has 4 nitrogen and oxygen atoms in total. The van der Waals surface area contributed by atoms with Crippen LogP contribution < -0.4 is 5.32 Å². The Morgan fingerprint density at radius 3 is 2.77 bits per heavy atom. The number of carbonyl (C=O) groups excluding carboxylic acids is 1. The van der Waals surface area contributed by atoms with E-state index in [0.717, 1.165) is 5.56 Å². The van der Waals surface area contributed by atoms with Crippen LogP contribution in [-0.4, -0.2) is 17.6 Å². The number of aromatic nitrogens is 1. The first kappa shape index (κ1) is 16.2. The summed E-state index contributed by atoms with van der Waals surface area (Å²) in [6, 6.07) is 11.1. The molecule has 0 saturated carbocycles. The Morgan fingerprint density at radius 2 is 2.00 bits per heavy atom. The lowest BCUT2D eigenvalue weighted by molar-refractivity contribution is 0.141. The molecule has 0 bridgehead atoms. The lowest BCUT2D eigenvalue weighted by Gasteiger charge is -2.04. The first-order valence-corrected chi connectivity index (χ1v) is 7.16. The molecule has 0 unspecified atom stereocenters. The Morgan fingerprint density at radius 1 is 1.23 bits per heavy atom. The number of hydrogen-bond acceptors (Lipinski definition) is 3. The van der Waals surface area contributed by atoms with Crippen LogP contribution in [0, 0.1) is 11.8 Å². The van der Waals surface area contributed by atoms with Gasteiger partial charge in [-0.25, -0.2) is 9.78 Å². The minimum Gasteiger partial charge on any atom is -0.445 e. The van der Waals surface area contributed by atoms with Crippen LogP contribution in [0.1, 0.15) is 11.1 Å². The largest absolute Gasteiger partial charge is 0.445 e. The highest BCUT2D eigenvalue weighted by atomic mass is 35.5. The monoisotopic (exact) mass is 334 g/mol. The van der Waals surface area contributed by atoms with Gasteiger partial charge in [0.2, 0.25) is 0 Å². The lowest BCUT2D eigenvalue weighted by atomic mass is 10.2. The number of alkyl carbamates (subject to hydrolysis) is 1. The Hall–Kier alpha value is -2.22. The molecule has 0 spiro atoms. The molecule has 112 valence electrons. The molecule has 6 heteroatoms. The average molecular weight is 335 g/mol. The number of benzene rings is 1. The van der Waals surface area contributed by atoms with E-state index in [4.69, 9.17) is 27.9 Å². The molecule has 1 N–H and O–H groups in total. The molecule has 0 fully saturated rings. The van der Waals surface area contributed by atoms with Gasteiger partial charge in [0.15, 0.2) is 0 Å². The summed E-state index contributed by atoms with van der Waals surface area (Å²) in [5.41, 5.74) is 1.48. The van der Waals surface area contributed by atoms with Gasteiger partial charge in [0.25, 0.3) is 0 Å². The third kappa shape index (κ3) is 4.96. The van der Waals surface area contributed by atoms with Gasteiger partial charge < -0.3 is 10.1 Å². The second-order valence-corrected chi connectivity index (χ2v) is 4.92. The van der Waals surface area contributed by atoms with Crippen molar-refractivity contribution < 1.29 is 9.53 Å². The number of rotatable bonds is 3. The molecule has 1 amide bonds. The highest BCUT2D eigenvalue weighted by Gasteiger charge is 2.03. The summed E-state index contributed by atoms with van der Waals surface area (Å²) < 4.78 is 5.05. The number of amides is 1. The highest BCUT2D eigenvalue weighted by molar-refractivity contribution is 6.41. The summed E-state index contributed by atoms with van der Waals surface area (Å²) in [7, 11) is 0. The Labute approximate surface area is 138 Å². The first-order chi connectivity index (χ1) is 10.7. The highest BCUT2D eigenvalue weighted by Crippen LogP contribution is 2.21. The first-order valence-electron chi connectivity index (χ1n) is 6.40. The molecule has 1 aromatic carbocycles. The van der Waals surface area contributed by atoms with Gasteiger partial charge in [-0.15, -0.1) is 0 Å². The third-order valence-corrected chi connectivity index (χ3v) is 3.37.